The lowest BCUT2D eigenvalue weighted by Gasteiger charge is -2.54. The summed E-state index contributed by atoms with van der Waals surface area (Å²) >= 11 is 0. The van der Waals surface area contributed by atoms with Gasteiger partial charge in [-0.2, -0.15) is 0 Å². The standard InChI is InChI=1S/C15H25NO6/c1-13(2,3)22-12(19)16-9-14(10-16,11(17)18)15(20)5-4-7-21-8-6-15/h20H,4-10H2,1-3H3,(H,17,18). The summed E-state index contributed by atoms with van der Waals surface area (Å²) in [5, 5.41) is 20.5. The number of amides is 1. The molecule has 0 aromatic heterocycles. The molecule has 1 unspecified atom stereocenters. The van der Waals surface area contributed by atoms with Gasteiger partial charge in [0.05, 0.1) is 5.60 Å². The average molecular weight is 315 g/mol. The van der Waals surface area contributed by atoms with Gasteiger partial charge in [0.1, 0.15) is 11.0 Å². The number of hydrogen-bond donors (Lipinski definition) is 2. The molecule has 0 radical (unpaired) electrons. The van der Waals surface area contributed by atoms with E-state index in [0.29, 0.717) is 26.1 Å². The van der Waals surface area contributed by atoms with Crippen molar-refractivity contribution in [2.24, 2.45) is 5.41 Å². The van der Waals surface area contributed by atoms with Crippen LogP contribution in [0.5, 0.6) is 0 Å². The van der Waals surface area contributed by atoms with Crippen LogP contribution < -0.4 is 0 Å². The van der Waals surface area contributed by atoms with Gasteiger partial charge >= 0.3 is 12.1 Å². The van der Waals surface area contributed by atoms with Crippen molar-refractivity contribution in [2.45, 2.75) is 51.2 Å². The molecule has 2 rings (SSSR count). The van der Waals surface area contributed by atoms with Gasteiger partial charge in [0.2, 0.25) is 0 Å². The van der Waals surface area contributed by atoms with Gasteiger partial charge in [-0.1, -0.05) is 0 Å². The second-order valence-corrected chi connectivity index (χ2v) is 7.22. The second kappa shape index (κ2) is 5.70. The lowest BCUT2D eigenvalue weighted by atomic mass is 9.63. The molecule has 0 aromatic rings. The van der Waals surface area contributed by atoms with Crippen molar-refractivity contribution in [3.8, 4) is 0 Å². The zero-order chi connectivity index (χ0) is 16.6. The summed E-state index contributed by atoms with van der Waals surface area (Å²) in [5.41, 5.74) is -3.32. The Labute approximate surface area is 130 Å². The summed E-state index contributed by atoms with van der Waals surface area (Å²) in [5.74, 6) is -1.07. The second-order valence-electron chi connectivity index (χ2n) is 7.22. The highest BCUT2D eigenvalue weighted by Crippen LogP contribution is 2.46. The zero-order valence-electron chi connectivity index (χ0n) is 13.4. The molecular weight excluding hydrogens is 290 g/mol. The normalized spacial score (nSPS) is 28.5. The fraction of sp³-hybridized carbons (Fsp3) is 0.867. The number of hydrogen-bond acceptors (Lipinski definition) is 5. The summed E-state index contributed by atoms with van der Waals surface area (Å²) in [4.78, 5) is 25.1. The number of carbonyl (C=O) groups excluding carboxylic acids is 1. The number of carboxylic acids is 1. The quantitative estimate of drug-likeness (QED) is 0.796. The van der Waals surface area contributed by atoms with Gasteiger partial charge in [-0.25, -0.2) is 4.79 Å². The minimum absolute atomic E-state index is 0.0340. The molecule has 1 atom stereocenters. The molecule has 2 aliphatic heterocycles. The van der Waals surface area contributed by atoms with Gasteiger partial charge in [0.25, 0.3) is 0 Å². The van der Waals surface area contributed by atoms with Crippen molar-refractivity contribution >= 4 is 12.1 Å². The van der Waals surface area contributed by atoms with Gasteiger partial charge in [-0.05, 0) is 33.6 Å². The van der Waals surface area contributed by atoms with Crippen molar-refractivity contribution in [2.75, 3.05) is 26.3 Å². The molecule has 0 saturated carbocycles. The topological polar surface area (TPSA) is 96.3 Å². The van der Waals surface area contributed by atoms with Gasteiger partial charge < -0.3 is 24.6 Å². The van der Waals surface area contributed by atoms with Gasteiger partial charge in [0.15, 0.2) is 0 Å². The number of aliphatic hydroxyl groups is 1. The molecule has 0 spiro atoms. The van der Waals surface area contributed by atoms with Gasteiger partial charge in [0, 0.05) is 32.7 Å². The van der Waals surface area contributed by atoms with Crippen LogP contribution >= 0.6 is 0 Å². The maximum atomic E-state index is 12.0. The number of ether oxygens (including phenoxy) is 2. The van der Waals surface area contributed by atoms with Crippen molar-refractivity contribution < 1.29 is 29.3 Å². The van der Waals surface area contributed by atoms with E-state index in [1.807, 2.05) is 0 Å². The van der Waals surface area contributed by atoms with E-state index < -0.39 is 28.7 Å². The largest absolute Gasteiger partial charge is 0.481 e. The average Bonchev–Trinajstić information content (AvgIpc) is 2.50. The summed E-state index contributed by atoms with van der Waals surface area (Å²) in [7, 11) is 0. The van der Waals surface area contributed by atoms with Gasteiger partial charge in [-0.15, -0.1) is 0 Å². The van der Waals surface area contributed by atoms with E-state index in [4.69, 9.17) is 9.47 Å². The number of rotatable bonds is 2. The lowest BCUT2D eigenvalue weighted by molar-refractivity contribution is -0.198. The van der Waals surface area contributed by atoms with Crippen LogP contribution in [0.4, 0.5) is 4.79 Å². The highest BCUT2D eigenvalue weighted by molar-refractivity contribution is 5.82. The number of aliphatic carboxylic acids is 1. The molecule has 22 heavy (non-hydrogen) atoms. The minimum Gasteiger partial charge on any atom is -0.481 e. The van der Waals surface area contributed by atoms with Gasteiger partial charge in [-0.3, -0.25) is 4.79 Å². The zero-order valence-corrected chi connectivity index (χ0v) is 13.4. The first kappa shape index (κ1) is 17.0. The van der Waals surface area contributed by atoms with E-state index in [2.05, 4.69) is 0 Å². The fourth-order valence-electron chi connectivity index (χ4n) is 3.10. The van der Waals surface area contributed by atoms with E-state index in [-0.39, 0.29) is 19.5 Å². The fourth-order valence-corrected chi connectivity index (χ4v) is 3.10. The highest BCUT2D eigenvalue weighted by atomic mass is 16.6. The molecule has 2 N–H and O–H groups in total. The van der Waals surface area contributed by atoms with E-state index in [0.717, 1.165) is 0 Å². The Kier molecular flexibility index (Phi) is 4.41. The van der Waals surface area contributed by atoms with Crippen LogP contribution in [-0.4, -0.2) is 64.7 Å². The van der Waals surface area contributed by atoms with Crippen LogP contribution in [0, 0.1) is 5.41 Å². The Balaban J connectivity index is 2.10. The molecule has 2 fully saturated rings. The maximum absolute atomic E-state index is 12.0. The molecule has 126 valence electrons. The van der Waals surface area contributed by atoms with Crippen LogP contribution in [0.15, 0.2) is 0 Å². The van der Waals surface area contributed by atoms with E-state index in [9.17, 15) is 19.8 Å². The number of carboxylic acid groups (broad SMARTS) is 1. The molecule has 2 saturated heterocycles. The predicted octanol–water partition coefficient (Wildman–Crippen LogP) is 1.24. The van der Waals surface area contributed by atoms with E-state index >= 15 is 0 Å². The number of likely N-dealkylation sites (tertiary alicyclic amines) is 1. The highest BCUT2D eigenvalue weighted by Gasteiger charge is 2.64. The Bertz CT molecular complexity index is 441. The van der Waals surface area contributed by atoms with E-state index in [1.165, 1.54) is 4.90 Å². The molecule has 2 aliphatic rings. The Morgan fingerprint density at radius 1 is 1.18 bits per heavy atom. The first-order valence-electron chi connectivity index (χ1n) is 7.61. The van der Waals surface area contributed by atoms with Crippen LogP contribution in [0.3, 0.4) is 0 Å². The summed E-state index contributed by atoms with van der Waals surface area (Å²) in [6, 6.07) is 0. The first-order valence-corrected chi connectivity index (χ1v) is 7.61. The summed E-state index contributed by atoms with van der Waals surface area (Å²) in [6.45, 7) is 6.05. The number of nitrogens with zero attached hydrogens (tertiary/aromatic N) is 1. The Morgan fingerprint density at radius 2 is 1.82 bits per heavy atom. The molecule has 0 aliphatic carbocycles. The minimum atomic E-state index is -1.35. The van der Waals surface area contributed by atoms with Crippen molar-refractivity contribution in [1.82, 2.24) is 4.90 Å². The van der Waals surface area contributed by atoms with Crippen molar-refractivity contribution in [3.05, 3.63) is 0 Å². The van der Waals surface area contributed by atoms with Crippen molar-refractivity contribution in [1.29, 1.82) is 0 Å². The SMILES string of the molecule is CC(C)(C)OC(=O)N1CC(C(=O)O)(C2(O)CCCOCC2)C1. The molecule has 0 aromatic carbocycles. The summed E-state index contributed by atoms with van der Waals surface area (Å²) in [6.07, 6.45) is 0.693. The molecule has 7 nitrogen and oxygen atoms in total. The molecule has 0 bridgehead atoms. The van der Waals surface area contributed by atoms with Crippen LogP contribution in [0.25, 0.3) is 0 Å². The molecular formula is C15H25NO6. The number of carbonyl (C=O) groups is 2. The Morgan fingerprint density at radius 3 is 2.36 bits per heavy atom. The summed E-state index contributed by atoms with van der Waals surface area (Å²) < 4.78 is 10.6. The Hall–Kier alpha value is -1.34. The smallest absolute Gasteiger partial charge is 0.410 e. The third kappa shape index (κ3) is 3.05. The van der Waals surface area contributed by atoms with Crippen molar-refractivity contribution in [3.63, 3.8) is 0 Å². The molecule has 1 amide bonds. The molecule has 2 heterocycles. The van der Waals surface area contributed by atoms with Crippen LogP contribution in [0.1, 0.15) is 40.0 Å². The van der Waals surface area contributed by atoms with Crippen LogP contribution in [-0.2, 0) is 14.3 Å². The monoisotopic (exact) mass is 315 g/mol. The van der Waals surface area contributed by atoms with Crippen LogP contribution in [0.2, 0.25) is 0 Å². The first-order chi connectivity index (χ1) is 10.1. The predicted molar refractivity (Wildman–Crippen MR) is 77.5 cm³/mol. The van der Waals surface area contributed by atoms with E-state index in [1.54, 1.807) is 20.8 Å². The third-order valence-electron chi connectivity index (χ3n) is 4.41. The third-order valence-corrected chi connectivity index (χ3v) is 4.41. The maximum Gasteiger partial charge on any atom is 0.410 e. The molecule has 7 heteroatoms. The lowest BCUT2D eigenvalue weighted by Crippen LogP contribution is -2.72.